The number of halogens is 1. The van der Waals surface area contributed by atoms with Crippen LogP contribution in [0.15, 0.2) is 59.5 Å². The van der Waals surface area contributed by atoms with E-state index in [2.05, 4.69) is 13.0 Å². The van der Waals surface area contributed by atoms with Crippen molar-refractivity contribution in [2.45, 2.75) is 63.4 Å². The van der Waals surface area contributed by atoms with Gasteiger partial charge in [0.15, 0.2) is 0 Å². The summed E-state index contributed by atoms with van der Waals surface area (Å²) in [7, 11) is -3.81. The summed E-state index contributed by atoms with van der Waals surface area (Å²) in [5.41, 5.74) is 4.60. The lowest BCUT2D eigenvalue weighted by molar-refractivity contribution is -0.228. The van der Waals surface area contributed by atoms with Crippen LogP contribution in [0.3, 0.4) is 0 Å². The van der Waals surface area contributed by atoms with Crippen LogP contribution in [-0.4, -0.2) is 15.0 Å². The van der Waals surface area contributed by atoms with Crippen molar-refractivity contribution in [2.75, 3.05) is 6.61 Å². The van der Waals surface area contributed by atoms with E-state index in [0.29, 0.717) is 23.6 Å². The van der Waals surface area contributed by atoms with Gasteiger partial charge in [0, 0.05) is 5.02 Å². The fraction of sp³-hybridized carbons (Fsp3) is 0.357. The number of ether oxygens (including phenoxy) is 3. The molecule has 36 heavy (non-hydrogen) atoms. The Hall–Kier alpha value is -2.58. The molecule has 2 atom stereocenters. The second kappa shape index (κ2) is 10.4. The summed E-state index contributed by atoms with van der Waals surface area (Å²) >= 11 is 6.44. The van der Waals surface area contributed by atoms with Crippen molar-refractivity contribution >= 4 is 21.7 Å². The minimum atomic E-state index is -3.81. The van der Waals surface area contributed by atoms with Crippen molar-refractivity contribution < 1.29 is 26.8 Å². The highest BCUT2D eigenvalue weighted by atomic mass is 35.5. The van der Waals surface area contributed by atoms with E-state index >= 15 is 0 Å². The lowest BCUT2D eigenvalue weighted by Crippen LogP contribution is -2.31. The summed E-state index contributed by atoms with van der Waals surface area (Å²) in [4.78, 5) is 0.149. The molecule has 0 fully saturated rings. The topological polar surface area (TPSA) is 71.1 Å². The summed E-state index contributed by atoms with van der Waals surface area (Å²) in [5.74, 6) is 1.50. The van der Waals surface area contributed by atoms with Crippen molar-refractivity contribution in [1.29, 1.82) is 0 Å². The molecular weight excluding hydrogens is 500 g/mol. The van der Waals surface area contributed by atoms with Crippen LogP contribution in [0.5, 0.6) is 11.5 Å². The minimum absolute atomic E-state index is 0.0426. The highest BCUT2D eigenvalue weighted by Crippen LogP contribution is 2.50. The van der Waals surface area contributed by atoms with Crippen LogP contribution in [0.1, 0.15) is 66.6 Å². The van der Waals surface area contributed by atoms with Gasteiger partial charge in [-0.25, -0.2) is 0 Å². The van der Waals surface area contributed by atoms with Gasteiger partial charge in [0.2, 0.25) is 12.6 Å². The quantitative estimate of drug-likeness (QED) is 0.224. The second-order valence-electron chi connectivity index (χ2n) is 9.15. The Bertz CT molecular complexity index is 1350. The molecule has 6 nitrogen and oxygen atoms in total. The molecule has 3 aromatic rings. The maximum Gasteiger partial charge on any atom is 0.296 e. The van der Waals surface area contributed by atoms with Gasteiger partial charge in [0.05, 0.1) is 22.6 Å². The van der Waals surface area contributed by atoms with Crippen LogP contribution in [-0.2, 0) is 31.9 Å². The molecule has 0 N–H and O–H groups in total. The van der Waals surface area contributed by atoms with Crippen LogP contribution in [0.25, 0.3) is 0 Å². The normalized spacial score (nSPS) is 18.1. The van der Waals surface area contributed by atoms with Crippen LogP contribution < -0.4 is 9.47 Å². The molecule has 8 heteroatoms. The van der Waals surface area contributed by atoms with Gasteiger partial charge < -0.3 is 9.47 Å². The van der Waals surface area contributed by atoms with Crippen molar-refractivity contribution in [3.05, 3.63) is 87.4 Å². The maximum absolute atomic E-state index is 12.5. The zero-order valence-corrected chi connectivity index (χ0v) is 21.9. The van der Waals surface area contributed by atoms with Gasteiger partial charge in [-0.3, -0.25) is 8.92 Å². The molecule has 190 valence electrons. The van der Waals surface area contributed by atoms with E-state index in [-0.39, 0.29) is 11.5 Å². The van der Waals surface area contributed by atoms with Crippen molar-refractivity contribution in [3.63, 3.8) is 0 Å². The Kier molecular flexibility index (Phi) is 7.26. The third-order valence-electron chi connectivity index (χ3n) is 6.43. The van der Waals surface area contributed by atoms with Gasteiger partial charge in [-0.2, -0.15) is 8.42 Å². The van der Waals surface area contributed by atoms with E-state index in [1.165, 1.54) is 0 Å². The molecule has 2 unspecified atom stereocenters. The smallest absolute Gasteiger partial charge is 0.296 e. The molecule has 0 spiro atoms. The molecule has 0 saturated carbocycles. The van der Waals surface area contributed by atoms with E-state index < -0.39 is 22.7 Å². The molecule has 0 amide bonds. The standard InChI is InChI=1S/C28H29ClO6S/c1-3-4-7-19-8-5-10-23-25(19)33-28-24-17-21(29)16-20(26(24)34-27(23)35-28)9-6-15-32-36(30,31)22-13-11-18(2)12-14-22/h5,8,10-14,16-17,27-28H,3-4,6-7,9,15H2,1-2H3. The zero-order valence-electron chi connectivity index (χ0n) is 20.3. The van der Waals surface area contributed by atoms with E-state index in [1.54, 1.807) is 30.3 Å². The number of benzene rings is 3. The average Bonchev–Trinajstić information content (AvgIpc) is 2.86. The Morgan fingerprint density at radius 3 is 2.33 bits per heavy atom. The number of hydrogen-bond donors (Lipinski definition) is 0. The molecule has 2 heterocycles. The van der Waals surface area contributed by atoms with Gasteiger partial charge in [-0.05, 0) is 74.1 Å². The van der Waals surface area contributed by atoms with Gasteiger partial charge in [-0.1, -0.05) is 54.8 Å². The predicted octanol–water partition coefficient (Wildman–Crippen LogP) is 6.83. The van der Waals surface area contributed by atoms with E-state index in [1.807, 2.05) is 25.1 Å². The number of para-hydroxylation sites is 1. The Morgan fingerprint density at radius 1 is 0.889 bits per heavy atom. The molecule has 0 radical (unpaired) electrons. The fourth-order valence-electron chi connectivity index (χ4n) is 4.54. The van der Waals surface area contributed by atoms with Gasteiger partial charge in [0.25, 0.3) is 10.1 Å². The Balaban J connectivity index is 1.31. The summed E-state index contributed by atoms with van der Waals surface area (Å²) in [6.07, 6.45) is 2.89. The molecule has 2 bridgehead atoms. The predicted molar refractivity (Wildman–Crippen MR) is 137 cm³/mol. The minimum Gasteiger partial charge on any atom is -0.459 e. The van der Waals surface area contributed by atoms with Crippen LogP contribution in [0, 0.1) is 6.92 Å². The lowest BCUT2D eigenvalue weighted by Gasteiger charge is -2.39. The first-order valence-electron chi connectivity index (χ1n) is 12.2. The lowest BCUT2D eigenvalue weighted by atomic mass is 9.99. The molecule has 5 rings (SSSR count). The largest absolute Gasteiger partial charge is 0.459 e. The third kappa shape index (κ3) is 5.11. The van der Waals surface area contributed by atoms with Gasteiger partial charge >= 0.3 is 0 Å². The maximum atomic E-state index is 12.5. The number of rotatable bonds is 9. The summed E-state index contributed by atoms with van der Waals surface area (Å²) in [5, 5.41) is 0.538. The first kappa shape index (κ1) is 25.1. The third-order valence-corrected chi connectivity index (χ3v) is 7.97. The SMILES string of the molecule is CCCCc1cccc2c1OC1OC2Oc2c(CCCOS(=O)(=O)c3ccc(C)cc3)cc(Cl)cc21. The zero-order chi connectivity index (χ0) is 25.3. The number of hydrogen-bond acceptors (Lipinski definition) is 6. The van der Waals surface area contributed by atoms with Crippen LogP contribution >= 0.6 is 11.6 Å². The average molecular weight is 529 g/mol. The van der Waals surface area contributed by atoms with Gasteiger partial charge in [-0.15, -0.1) is 0 Å². The molecule has 0 aromatic heterocycles. The van der Waals surface area contributed by atoms with E-state index in [9.17, 15) is 8.42 Å². The molecule has 3 aromatic carbocycles. The van der Waals surface area contributed by atoms with Crippen molar-refractivity contribution in [1.82, 2.24) is 0 Å². The molecular formula is C28H29ClO6S. The van der Waals surface area contributed by atoms with Crippen LogP contribution in [0.4, 0.5) is 0 Å². The Labute approximate surface area is 217 Å². The van der Waals surface area contributed by atoms with Gasteiger partial charge in [0.1, 0.15) is 11.5 Å². The highest BCUT2D eigenvalue weighted by Gasteiger charge is 2.39. The summed E-state index contributed by atoms with van der Waals surface area (Å²) in [6, 6.07) is 16.3. The first-order valence-corrected chi connectivity index (χ1v) is 14.0. The number of aryl methyl sites for hydroxylation is 3. The highest BCUT2D eigenvalue weighted by molar-refractivity contribution is 7.86. The Morgan fingerprint density at radius 2 is 1.58 bits per heavy atom. The number of unbranched alkanes of at least 4 members (excludes halogenated alkanes) is 1. The molecule has 0 aliphatic carbocycles. The molecule has 2 aliphatic heterocycles. The summed E-state index contributed by atoms with van der Waals surface area (Å²) < 4.78 is 49.0. The fourth-order valence-corrected chi connectivity index (χ4v) is 5.73. The first-order chi connectivity index (χ1) is 17.4. The number of fused-ring (bicyclic) bond motifs is 6. The van der Waals surface area contributed by atoms with Crippen molar-refractivity contribution in [2.24, 2.45) is 0 Å². The molecule has 0 saturated heterocycles. The summed E-state index contributed by atoms with van der Waals surface area (Å²) in [6.45, 7) is 4.11. The second-order valence-corrected chi connectivity index (χ2v) is 11.2. The molecule has 2 aliphatic rings. The monoisotopic (exact) mass is 528 g/mol. The van der Waals surface area contributed by atoms with Crippen molar-refractivity contribution in [3.8, 4) is 11.5 Å². The van der Waals surface area contributed by atoms with E-state index in [0.717, 1.165) is 52.8 Å². The van der Waals surface area contributed by atoms with E-state index in [4.69, 9.17) is 30.0 Å². The van der Waals surface area contributed by atoms with Crippen LogP contribution in [0.2, 0.25) is 5.02 Å².